The second kappa shape index (κ2) is 6.08. The third-order valence-corrected chi connectivity index (χ3v) is 3.71. The van der Waals surface area contributed by atoms with Gasteiger partial charge in [0.05, 0.1) is 15.7 Å². The average molecular weight is 381 g/mol. The van der Waals surface area contributed by atoms with E-state index in [0.717, 1.165) is 12.1 Å². The van der Waals surface area contributed by atoms with Gasteiger partial charge in [-0.25, -0.2) is 8.78 Å². The van der Waals surface area contributed by atoms with Crippen LogP contribution >= 0.6 is 39.1 Å². The lowest BCUT2D eigenvalue weighted by Gasteiger charge is -2.09. The molecule has 104 valence electrons. The number of rotatable bonds is 2. The molecule has 20 heavy (non-hydrogen) atoms. The molecular weight excluding hydrogens is 375 g/mol. The van der Waals surface area contributed by atoms with Crippen LogP contribution in [0, 0.1) is 11.6 Å². The molecule has 0 saturated carbocycles. The number of amides is 1. The number of carbonyl (C=O) groups is 1. The van der Waals surface area contributed by atoms with Crippen LogP contribution in [0.2, 0.25) is 10.0 Å². The van der Waals surface area contributed by atoms with Crippen molar-refractivity contribution in [2.75, 3.05) is 5.32 Å². The summed E-state index contributed by atoms with van der Waals surface area (Å²) in [4.78, 5) is 11.9. The third-order valence-electron chi connectivity index (χ3n) is 2.43. The zero-order chi connectivity index (χ0) is 14.9. The van der Waals surface area contributed by atoms with Crippen molar-refractivity contribution in [2.45, 2.75) is 0 Å². The van der Waals surface area contributed by atoms with Crippen LogP contribution in [-0.2, 0) is 0 Å². The minimum Gasteiger partial charge on any atom is -0.320 e. The van der Waals surface area contributed by atoms with Gasteiger partial charge in [-0.2, -0.15) is 0 Å². The molecule has 1 N–H and O–H groups in total. The fourth-order valence-electron chi connectivity index (χ4n) is 1.54. The average Bonchev–Trinajstić information content (AvgIpc) is 2.33. The van der Waals surface area contributed by atoms with Gasteiger partial charge in [-0.05, 0) is 24.3 Å². The number of nitrogens with one attached hydrogen (secondary N) is 1. The normalized spacial score (nSPS) is 10.4. The molecule has 0 saturated heterocycles. The first-order valence-corrected chi connectivity index (χ1v) is 6.85. The van der Waals surface area contributed by atoms with Gasteiger partial charge in [0.1, 0.15) is 17.2 Å². The molecule has 2 nitrogen and oxygen atoms in total. The van der Waals surface area contributed by atoms with E-state index in [4.69, 9.17) is 23.2 Å². The fourth-order valence-corrected chi connectivity index (χ4v) is 2.29. The summed E-state index contributed by atoms with van der Waals surface area (Å²) >= 11 is 14.6. The molecule has 2 rings (SSSR count). The van der Waals surface area contributed by atoms with Crippen molar-refractivity contribution >= 4 is 50.7 Å². The van der Waals surface area contributed by atoms with Crippen molar-refractivity contribution in [2.24, 2.45) is 0 Å². The maximum atomic E-state index is 13.7. The van der Waals surface area contributed by atoms with E-state index in [-0.39, 0.29) is 20.2 Å². The Labute approximate surface area is 131 Å². The Morgan fingerprint density at radius 1 is 1.15 bits per heavy atom. The molecule has 0 aliphatic heterocycles. The summed E-state index contributed by atoms with van der Waals surface area (Å²) in [5, 5.41) is 2.64. The lowest BCUT2D eigenvalue weighted by Crippen LogP contribution is -2.16. The zero-order valence-electron chi connectivity index (χ0n) is 9.68. The second-order valence-corrected chi connectivity index (χ2v) is 5.50. The highest BCUT2D eigenvalue weighted by molar-refractivity contribution is 9.10. The van der Waals surface area contributed by atoms with E-state index in [2.05, 4.69) is 21.2 Å². The SMILES string of the molecule is O=C(Nc1cccc(Cl)c1Cl)c1c(F)cc(Br)cc1F. The van der Waals surface area contributed by atoms with Crippen molar-refractivity contribution in [1.82, 2.24) is 0 Å². The largest absolute Gasteiger partial charge is 0.320 e. The highest BCUT2D eigenvalue weighted by Gasteiger charge is 2.19. The predicted octanol–water partition coefficient (Wildman–Crippen LogP) is 5.29. The van der Waals surface area contributed by atoms with E-state index in [0.29, 0.717) is 0 Å². The molecule has 0 fully saturated rings. The first-order valence-electron chi connectivity index (χ1n) is 5.30. The van der Waals surface area contributed by atoms with Gasteiger partial charge >= 0.3 is 0 Å². The van der Waals surface area contributed by atoms with Crippen LogP contribution in [0.3, 0.4) is 0 Å². The van der Waals surface area contributed by atoms with E-state index >= 15 is 0 Å². The zero-order valence-corrected chi connectivity index (χ0v) is 12.8. The minimum atomic E-state index is -0.979. The number of benzene rings is 2. The molecule has 0 aromatic heterocycles. The Balaban J connectivity index is 2.36. The van der Waals surface area contributed by atoms with Crippen LogP contribution in [0.25, 0.3) is 0 Å². The topological polar surface area (TPSA) is 29.1 Å². The number of anilines is 1. The van der Waals surface area contributed by atoms with E-state index < -0.39 is 23.1 Å². The smallest absolute Gasteiger partial charge is 0.261 e. The van der Waals surface area contributed by atoms with Gasteiger partial charge in [-0.3, -0.25) is 4.79 Å². The Bertz CT molecular complexity index is 671. The van der Waals surface area contributed by atoms with Crippen molar-refractivity contribution in [3.63, 3.8) is 0 Å². The fraction of sp³-hybridized carbons (Fsp3) is 0. The molecule has 0 bridgehead atoms. The van der Waals surface area contributed by atoms with E-state index in [1.165, 1.54) is 12.1 Å². The van der Waals surface area contributed by atoms with Crippen LogP contribution < -0.4 is 5.32 Å². The Hall–Kier alpha value is -1.17. The first-order chi connectivity index (χ1) is 9.40. The molecule has 0 aliphatic rings. The maximum Gasteiger partial charge on any atom is 0.261 e. The van der Waals surface area contributed by atoms with Gasteiger partial charge in [0.15, 0.2) is 0 Å². The van der Waals surface area contributed by atoms with Crippen LogP contribution in [-0.4, -0.2) is 5.91 Å². The Morgan fingerprint density at radius 3 is 2.35 bits per heavy atom. The van der Waals surface area contributed by atoms with E-state index in [1.807, 2.05) is 0 Å². The molecule has 2 aromatic carbocycles. The molecule has 0 radical (unpaired) electrons. The molecule has 1 amide bonds. The van der Waals surface area contributed by atoms with Gasteiger partial charge in [0.25, 0.3) is 5.91 Å². The van der Waals surface area contributed by atoms with Crippen LogP contribution in [0.4, 0.5) is 14.5 Å². The standard InChI is InChI=1S/C13H6BrCl2F2NO/c14-6-4-8(17)11(9(18)5-6)13(20)19-10-3-1-2-7(15)12(10)16/h1-5H,(H,19,20). The van der Waals surface area contributed by atoms with E-state index in [9.17, 15) is 13.6 Å². The molecule has 0 aliphatic carbocycles. The molecule has 7 heteroatoms. The predicted molar refractivity (Wildman–Crippen MR) is 78.5 cm³/mol. The first kappa shape index (κ1) is 15.2. The second-order valence-electron chi connectivity index (χ2n) is 3.80. The lowest BCUT2D eigenvalue weighted by molar-refractivity contribution is 0.101. The summed E-state index contributed by atoms with van der Waals surface area (Å²) < 4.78 is 27.5. The quantitative estimate of drug-likeness (QED) is 0.753. The molecule has 2 aromatic rings. The third kappa shape index (κ3) is 3.11. The van der Waals surface area contributed by atoms with Gasteiger partial charge in [-0.15, -0.1) is 0 Å². The Kier molecular flexibility index (Phi) is 4.62. The summed E-state index contributed by atoms with van der Waals surface area (Å²) in [6.07, 6.45) is 0. The summed E-state index contributed by atoms with van der Waals surface area (Å²) in [5.41, 5.74) is -0.518. The maximum absolute atomic E-state index is 13.7. The number of hydrogen-bond acceptors (Lipinski definition) is 1. The minimum absolute atomic E-state index is 0.0976. The molecule has 0 spiro atoms. The van der Waals surface area contributed by atoms with Crippen molar-refractivity contribution in [3.8, 4) is 0 Å². The summed E-state index contributed by atoms with van der Waals surface area (Å²) in [5.74, 6) is -2.91. The summed E-state index contributed by atoms with van der Waals surface area (Å²) in [6, 6.07) is 6.55. The van der Waals surface area contributed by atoms with E-state index in [1.54, 1.807) is 6.07 Å². The molecule has 0 heterocycles. The number of carbonyl (C=O) groups excluding carboxylic acids is 1. The summed E-state index contributed by atoms with van der Waals surface area (Å²) in [6.45, 7) is 0. The number of hydrogen-bond donors (Lipinski definition) is 1. The van der Waals surface area contributed by atoms with Gasteiger partial charge in [0.2, 0.25) is 0 Å². The monoisotopic (exact) mass is 379 g/mol. The molecule has 0 unspecified atom stereocenters. The van der Waals surface area contributed by atoms with Gasteiger partial charge < -0.3 is 5.32 Å². The van der Waals surface area contributed by atoms with Crippen molar-refractivity contribution in [1.29, 1.82) is 0 Å². The highest BCUT2D eigenvalue weighted by atomic mass is 79.9. The van der Waals surface area contributed by atoms with Crippen LogP contribution in [0.15, 0.2) is 34.8 Å². The lowest BCUT2D eigenvalue weighted by atomic mass is 10.1. The van der Waals surface area contributed by atoms with Crippen LogP contribution in [0.1, 0.15) is 10.4 Å². The van der Waals surface area contributed by atoms with Gasteiger partial charge in [0, 0.05) is 4.47 Å². The number of halogens is 5. The van der Waals surface area contributed by atoms with Crippen molar-refractivity contribution in [3.05, 3.63) is 62.0 Å². The van der Waals surface area contributed by atoms with Crippen LogP contribution in [0.5, 0.6) is 0 Å². The van der Waals surface area contributed by atoms with Crippen molar-refractivity contribution < 1.29 is 13.6 Å². The Morgan fingerprint density at radius 2 is 1.75 bits per heavy atom. The molecule has 0 atom stereocenters. The highest BCUT2D eigenvalue weighted by Crippen LogP contribution is 2.30. The summed E-state index contributed by atoms with van der Waals surface area (Å²) in [7, 11) is 0. The molecular formula is C13H6BrCl2F2NO. The van der Waals surface area contributed by atoms with Gasteiger partial charge in [-0.1, -0.05) is 45.2 Å².